The molecule has 37 heavy (non-hydrogen) atoms. The fourth-order valence-electron chi connectivity index (χ4n) is 4.03. The minimum absolute atomic E-state index is 0.168. The second kappa shape index (κ2) is 12.0. The lowest BCUT2D eigenvalue weighted by atomic mass is 10.2. The van der Waals surface area contributed by atoms with Crippen molar-refractivity contribution in [1.29, 1.82) is 0 Å². The highest BCUT2D eigenvalue weighted by atomic mass is 32.2. The van der Waals surface area contributed by atoms with E-state index in [9.17, 15) is 13.2 Å². The van der Waals surface area contributed by atoms with Crippen molar-refractivity contribution in [2.24, 2.45) is 0 Å². The Hall–Kier alpha value is -3.11. The van der Waals surface area contributed by atoms with Gasteiger partial charge in [0, 0.05) is 25.2 Å². The third-order valence-corrected chi connectivity index (χ3v) is 9.03. The van der Waals surface area contributed by atoms with Crippen molar-refractivity contribution in [3.8, 4) is 0 Å². The van der Waals surface area contributed by atoms with Crippen molar-refractivity contribution >= 4 is 42.6 Å². The van der Waals surface area contributed by atoms with Crippen LogP contribution < -0.4 is 4.90 Å². The summed E-state index contributed by atoms with van der Waals surface area (Å²) in [6.45, 7) is 3.80. The second-order valence-electron chi connectivity index (χ2n) is 9.02. The van der Waals surface area contributed by atoms with Crippen LogP contribution in [0.5, 0.6) is 0 Å². The van der Waals surface area contributed by atoms with Crippen LogP contribution in [-0.2, 0) is 16.6 Å². The van der Waals surface area contributed by atoms with E-state index in [0.717, 1.165) is 28.7 Å². The van der Waals surface area contributed by atoms with Crippen LogP contribution in [0.4, 0.5) is 5.13 Å². The molecule has 1 aromatic heterocycles. The van der Waals surface area contributed by atoms with Crippen LogP contribution in [0.1, 0.15) is 29.3 Å². The molecule has 194 valence electrons. The fourth-order valence-corrected chi connectivity index (χ4v) is 6.46. The molecule has 1 amide bonds. The third kappa shape index (κ3) is 6.42. The summed E-state index contributed by atoms with van der Waals surface area (Å²) in [5.74, 6) is -0.196. The number of para-hydroxylation sites is 1. The van der Waals surface area contributed by atoms with Gasteiger partial charge in [0.1, 0.15) is 0 Å². The molecule has 0 bridgehead atoms. The maximum absolute atomic E-state index is 13.6. The number of aromatic nitrogens is 1. The van der Waals surface area contributed by atoms with Crippen molar-refractivity contribution in [1.82, 2.24) is 14.2 Å². The zero-order valence-corrected chi connectivity index (χ0v) is 23.0. The number of rotatable bonds is 11. The van der Waals surface area contributed by atoms with Crippen molar-refractivity contribution in [2.45, 2.75) is 24.8 Å². The Balaban J connectivity index is 1.58. The molecule has 9 heteroatoms. The van der Waals surface area contributed by atoms with E-state index < -0.39 is 10.0 Å². The Kier molecular flexibility index (Phi) is 8.71. The normalized spacial score (nSPS) is 11.9. The van der Waals surface area contributed by atoms with Crippen LogP contribution in [0.2, 0.25) is 0 Å². The maximum atomic E-state index is 13.6. The van der Waals surface area contributed by atoms with E-state index in [1.54, 1.807) is 17.0 Å². The predicted octanol–water partition coefficient (Wildman–Crippen LogP) is 5.11. The Labute approximate surface area is 223 Å². The number of carbonyl (C=O) groups excluding carboxylic acids is 1. The molecule has 0 spiro atoms. The van der Waals surface area contributed by atoms with Gasteiger partial charge in [-0.05, 0) is 69.0 Å². The van der Waals surface area contributed by atoms with Gasteiger partial charge in [0.05, 0.1) is 15.1 Å². The van der Waals surface area contributed by atoms with Gasteiger partial charge in [-0.25, -0.2) is 13.4 Å². The molecule has 0 saturated heterocycles. The molecule has 4 rings (SSSR count). The molecule has 0 saturated carbocycles. The van der Waals surface area contributed by atoms with Gasteiger partial charge in [0.25, 0.3) is 5.91 Å². The number of sulfonamides is 1. The molecule has 0 unspecified atom stereocenters. The number of hydrogen-bond donors (Lipinski definition) is 0. The van der Waals surface area contributed by atoms with Crippen LogP contribution in [0.25, 0.3) is 10.2 Å². The molecular formula is C28H32N4O3S2. The van der Waals surface area contributed by atoms with E-state index >= 15 is 0 Å². The van der Waals surface area contributed by atoms with E-state index in [0.29, 0.717) is 23.8 Å². The second-order valence-corrected chi connectivity index (χ2v) is 12.0. The Morgan fingerprint density at radius 3 is 2.22 bits per heavy atom. The number of carbonyl (C=O) groups is 1. The first-order valence-electron chi connectivity index (χ1n) is 12.3. The van der Waals surface area contributed by atoms with E-state index in [1.807, 2.05) is 75.6 Å². The van der Waals surface area contributed by atoms with Gasteiger partial charge in [-0.15, -0.1) is 0 Å². The summed E-state index contributed by atoms with van der Waals surface area (Å²) < 4.78 is 29.1. The number of hydrogen-bond acceptors (Lipinski definition) is 6. The number of benzene rings is 3. The minimum Gasteiger partial charge on any atom is -0.309 e. The molecule has 0 N–H and O–H groups in total. The fraction of sp³-hybridized carbons (Fsp3) is 0.286. The lowest BCUT2D eigenvalue weighted by molar-refractivity contribution is 0.0986. The van der Waals surface area contributed by atoms with Gasteiger partial charge >= 0.3 is 0 Å². The number of thiazole rings is 1. The van der Waals surface area contributed by atoms with Crippen LogP contribution in [0.3, 0.4) is 0 Å². The van der Waals surface area contributed by atoms with Crippen molar-refractivity contribution in [3.63, 3.8) is 0 Å². The van der Waals surface area contributed by atoms with Gasteiger partial charge in [-0.1, -0.05) is 60.7 Å². The minimum atomic E-state index is -3.71. The molecule has 3 aromatic carbocycles. The molecule has 0 aliphatic heterocycles. The summed E-state index contributed by atoms with van der Waals surface area (Å²) in [6, 6.07) is 23.6. The summed E-state index contributed by atoms with van der Waals surface area (Å²) >= 11 is 1.48. The van der Waals surface area contributed by atoms with E-state index in [2.05, 4.69) is 4.90 Å². The van der Waals surface area contributed by atoms with Gasteiger partial charge in [-0.2, -0.15) is 4.31 Å². The monoisotopic (exact) mass is 536 g/mol. The average Bonchev–Trinajstić information content (AvgIpc) is 3.34. The first kappa shape index (κ1) is 26.9. The maximum Gasteiger partial charge on any atom is 0.260 e. The SMILES string of the molecule is CCN(Cc1ccccc1)S(=O)(=O)c1ccc(C(=O)N(CCCN(C)C)c2nc3ccccc3s2)cc1. The van der Waals surface area contributed by atoms with E-state index in [-0.39, 0.29) is 17.3 Å². The Morgan fingerprint density at radius 2 is 1.57 bits per heavy atom. The Morgan fingerprint density at radius 1 is 0.892 bits per heavy atom. The predicted molar refractivity (Wildman–Crippen MR) is 151 cm³/mol. The summed E-state index contributed by atoms with van der Waals surface area (Å²) in [4.78, 5) is 22.3. The molecule has 0 fully saturated rings. The largest absolute Gasteiger partial charge is 0.309 e. The molecule has 0 aliphatic carbocycles. The highest BCUT2D eigenvalue weighted by Gasteiger charge is 2.25. The highest BCUT2D eigenvalue weighted by Crippen LogP contribution is 2.30. The summed E-state index contributed by atoms with van der Waals surface area (Å²) in [7, 11) is 0.288. The molecule has 1 heterocycles. The van der Waals surface area contributed by atoms with Gasteiger partial charge in [0.15, 0.2) is 5.13 Å². The van der Waals surface area contributed by atoms with Crippen LogP contribution in [0, 0.1) is 0 Å². The molecule has 4 aromatic rings. The van der Waals surface area contributed by atoms with Gasteiger partial charge in [0.2, 0.25) is 10.0 Å². The Bertz CT molecular complexity index is 1400. The number of amides is 1. The van der Waals surface area contributed by atoms with Crippen molar-refractivity contribution < 1.29 is 13.2 Å². The van der Waals surface area contributed by atoms with Gasteiger partial charge < -0.3 is 4.90 Å². The summed E-state index contributed by atoms with van der Waals surface area (Å²) in [5.41, 5.74) is 2.20. The molecule has 0 aliphatic rings. The lowest BCUT2D eigenvalue weighted by Gasteiger charge is -2.22. The molecular weight excluding hydrogens is 504 g/mol. The number of nitrogens with zero attached hydrogens (tertiary/aromatic N) is 4. The van der Waals surface area contributed by atoms with E-state index in [4.69, 9.17) is 4.98 Å². The standard InChI is InChI=1S/C28H32N4O3S2/c1-4-31(21-22-11-6-5-7-12-22)37(34,35)24-17-15-23(16-18-24)27(33)32(20-10-19-30(2)3)28-29-25-13-8-9-14-26(25)36-28/h5-9,11-18H,4,10,19-21H2,1-3H3. The summed E-state index contributed by atoms with van der Waals surface area (Å²) in [6.07, 6.45) is 0.784. The smallest absolute Gasteiger partial charge is 0.260 e. The topological polar surface area (TPSA) is 73.8 Å². The number of fused-ring (bicyclic) bond motifs is 1. The van der Waals surface area contributed by atoms with Crippen molar-refractivity contribution in [2.75, 3.05) is 38.6 Å². The zero-order valence-electron chi connectivity index (χ0n) is 21.4. The first-order valence-corrected chi connectivity index (χ1v) is 14.5. The first-order chi connectivity index (χ1) is 17.8. The number of anilines is 1. The van der Waals surface area contributed by atoms with Crippen molar-refractivity contribution in [3.05, 3.63) is 90.0 Å². The molecule has 0 atom stereocenters. The van der Waals surface area contributed by atoms with Crippen LogP contribution in [0.15, 0.2) is 83.8 Å². The molecule has 0 radical (unpaired) electrons. The zero-order chi connectivity index (χ0) is 26.4. The highest BCUT2D eigenvalue weighted by molar-refractivity contribution is 7.89. The van der Waals surface area contributed by atoms with Crippen LogP contribution >= 0.6 is 11.3 Å². The lowest BCUT2D eigenvalue weighted by Crippen LogP contribution is -2.33. The van der Waals surface area contributed by atoms with Gasteiger partial charge in [-0.3, -0.25) is 9.69 Å². The van der Waals surface area contributed by atoms with E-state index in [1.165, 1.54) is 27.8 Å². The molecule has 7 nitrogen and oxygen atoms in total. The summed E-state index contributed by atoms with van der Waals surface area (Å²) in [5, 5.41) is 0.640. The average molecular weight is 537 g/mol. The third-order valence-electron chi connectivity index (χ3n) is 6.04. The van der Waals surface area contributed by atoms with Crippen LogP contribution in [-0.4, -0.2) is 62.2 Å². The quantitative estimate of drug-likeness (QED) is 0.267.